The zero-order valence-corrected chi connectivity index (χ0v) is 19.9. The maximum absolute atomic E-state index is 12.6. The monoisotopic (exact) mass is 462 g/mol. The van der Waals surface area contributed by atoms with Crippen LogP contribution in [0, 0.1) is 13.8 Å². The third kappa shape index (κ3) is 3.62. The fourth-order valence-corrected chi connectivity index (χ4v) is 3.96. The van der Waals surface area contributed by atoms with Gasteiger partial charge in [-0.25, -0.2) is 14.2 Å². The molecular weight excluding hydrogens is 436 g/mol. The average molecular weight is 463 g/mol. The van der Waals surface area contributed by atoms with Crippen molar-refractivity contribution in [2.24, 2.45) is 19.1 Å². The Bertz CT molecular complexity index is 1650. The van der Waals surface area contributed by atoms with E-state index in [2.05, 4.69) is 9.98 Å². The molecule has 2 aromatic heterocycles. The molecule has 0 radical (unpaired) electrons. The maximum atomic E-state index is 12.6. The van der Waals surface area contributed by atoms with Gasteiger partial charge in [-0.1, -0.05) is 12.1 Å². The van der Waals surface area contributed by atoms with Crippen LogP contribution in [-0.4, -0.2) is 44.1 Å². The minimum absolute atomic E-state index is 0.160. The van der Waals surface area contributed by atoms with Gasteiger partial charge in [0.2, 0.25) is 5.88 Å². The Morgan fingerprint density at radius 3 is 2.29 bits per heavy atom. The number of fused-ring (bicyclic) bond motifs is 1. The molecule has 0 atom stereocenters. The molecule has 0 unspecified atom stereocenters. The van der Waals surface area contributed by atoms with Gasteiger partial charge in [0.1, 0.15) is 5.56 Å². The summed E-state index contributed by atoms with van der Waals surface area (Å²) in [6.45, 7) is 3.68. The Kier molecular flexibility index (Phi) is 5.52. The summed E-state index contributed by atoms with van der Waals surface area (Å²) in [6.07, 6.45) is 1.23. The van der Waals surface area contributed by atoms with E-state index in [1.54, 1.807) is 30.8 Å². The molecular formula is C24H26N6O4. The van der Waals surface area contributed by atoms with Crippen molar-refractivity contribution >= 4 is 28.6 Å². The SMILES string of the molecule is Cc1ccc(C)c(-n2c(O)c(C=Nc3cc4c(cc3N(C)C)n(C)c(=O)n4C)c(=O)[nH]c2=O)c1. The van der Waals surface area contributed by atoms with Gasteiger partial charge < -0.3 is 10.0 Å². The summed E-state index contributed by atoms with van der Waals surface area (Å²) >= 11 is 0. The smallest absolute Gasteiger partial charge is 0.335 e. The molecule has 2 N–H and O–H groups in total. The molecule has 10 nitrogen and oxygen atoms in total. The second-order valence-electron chi connectivity index (χ2n) is 8.50. The minimum atomic E-state index is -0.757. The van der Waals surface area contributed by atoms with Crippen LogP contribution < -0.4 is 21.8 Å². The summed E-state index contributed by atoms with van der Waals surface area (Å²) < 4.78 is 4.12. The van der Waals surface area contributed by atoms with Crippen LogP contribution in [0.15, 0.2) is 49.7 Å². The highest BCUT2D eigenvalue weighted by molar-refractivity contribution is 5.91. The van der Waals surface area contributed by atoms with Gasteiger partial charge in [0.05, 0.1) is 28.1 Å². The first-order valence-electron chi connectivity index (χ1n) is 10.6. The van der Waals surface area contributed by atoms with E-state index in [0.717, 1.165) is 21.2 Å². The Morgan fingerprint density at radius 1 is 1.00 bits per heavy atom. The molecule has 0 saturated carbocycles. The molecule has 4 rings (SSSR count). The molecule has 2 aromatic carbocycles. The number of anilines is 1. The van der Waals surface area contributed by atoms with E-state index in [1.807, 2.05) is 51.0 Å². The summed E-state index contributed by atoms with van der Waals surface area (Å²) in [5, 5.41) is 10.9. The van der Waals surface area contributed by atoms with Crippen molar-refractivity contribution < 1.29 is 5.11 Å². The highest BCUT2D eigenvalue weighted by Crippen LogP contribution is 2.32. The Hall–Kier alpha value is -4.34. The number of benzene rings is 2. The van der Waals surface area contributed by atoms with Gasteiger partial charge in [-0.3, -0.25) is 23.9 Å². The summed E-state index contributed by atoms with van der Waals surface area (Å²) in [4.78, 5) is 46.1. The number of hydrogen-bond donors (Lipinski definition) is 2. The number of H-pyrrole nitrogens is 1. The van der Waals surface area contributed by atoms with Gasteiger partial charge in [0.25, 0.3) is 5.56 Å². The Balaban J connectivity index is 1.93. The first kappa shape index (κ1) is 22.8. The number of imidazole rings is 1. The normalized spacial score (nSPS) is 11.6. The van der Waals surface area contributed by atoms with Crippen molar-refractivity contribution in [1.82, 2.24) is 18.7 Å². The van der Waals surface area contributed by atoms with E-state index in [4.69, 9.17) is 0 Å². The summed E-state index contributed by atoms with van der Waals surface area (Å²) in [5.74, 6) is -0.509. The fraction of sp³-hybridized carbons (Fsp3) is 0.250. The summed E-state index contributed by atoms with van der Waals surface area (Å²) in [7, 11) is 7.05. The van der Waals surface area contributed by atoms with Crippen LogP contribution in [0.5, 0.6) is 5.88 Å². The topological polar surface area (TPSA) is 118 Å². The molecule has 10 heteroatoms. The molecule has 0 fully saturated rings. The van der Waals surface area contributed by atoms with Crippen LogP contribution in [0.3, 0.4) is 0 Å². The summed E-state index contributed by atoms with van der Waals surface area (Å²) in [5.41, 5.74) is 2.88. The Labute approximate surface area is 194 Å². The molecule has 0 amide bonds. The number of aliphatic imine (C=N–C) groups is 1. The van der Waals surface area contributed by atoms with Gasteiger partial charge in [-0.05, 0) is 43.2 Å². The van der Waals surface area contributed by atoms with E-state index in [1.165, 1.54) is 10.8 Å². The third-order valence-electron chi connectivity index (χ3n) is 5.91. The predicted molar refractivity (Wildman–Crippen MR) is 134 cm³/mol. The van der Waals surface area contributed by atoms with Crippen molar-refractivity contribution in [2.75, 3.05) is 19.0 Å². The second kappa shape index (κ2) is 8.22. The van der Waals surface area contributed by atoms with Crippen molar-refractivity contribution in [2.45, 2.75) is 13.8 Å². The molecule has 0 bridgehead atoms. The number of hydrogen-bond acceptors (Lipinski definition) is 6. The van der Waals surface area contributed by atoms with E-state index in [9.17, 15) is 19.5 Å². The van der Waals surface area contributed by atoms with Crippen LogP contribution >= 0.6 is 0 Å². The quantitative estimate of drug-likeness (QED) is 0.449. The number of rotatable bonds is 4. The lowest BCUT2D eigenvalue weighted by molar-refractivity contribution is 0.430. The number of aromatic nitrogens is 4. The molecule has 0 saturated heterocycles. The first-order valence-corrected chi connectivity index (χ1v) is 10.6. The maximum Gasteiger partial charge on any atom is 0.335 e. The molecule has 4 aromatic rings. The molecule has 0 aliphatic heterocycles. The highest BCUT2D eigenvalue weighted by Gasteiger charge is 2.17. The molecule has 2 heterocycles. The molecule has 0 aliphatic rings. The van der Waals surface area contributed by atoms with Crippen molar-refractivity contribution in [3.05, 3.63) is 78.3 Å². The van der Waals surface area contributed by atoms with E-state index >= 15 is 0 Å². The number of nitrogens with one attached hydrogen (secondary N) is 1. The zero-order chi connectivity index (χ0) is 24.9. The zero-order valence-electron chi connectivity index (χ0n) is 19.9. The minimum Gasteiger partial charge on any atom is -0.493 e. The first-order chi connectivity index (χ1) is 16.0. The number of nitrogens with zero attached hydrogens (tertiary/aromatic N) is 5. The lowest BCUT2D eigenvalue weighted by Gasteiger charge is -2.16. The largest absolute Gasteiger partial charge is 0.493 e. The van der Waals surface area contributed by atoms with E-state index in [-0.39, 0.29) is 11.3 Å². The van der Waals surface area contributed by atoms with Crippen molar-refractivity contribution in [3.63, 3.8) is 0 Å². The lowest BCUT2D eigenvalue weighted by Crippen LogP contribution is -2.31. The van der Waals surface area contributed by atoms with Gasteiger partial charge in [0, 0.05) is 34.4 Å². The fourth-order valence-electron chi connectivity index (χ4n) is 3.96. The number of aryl methyl sites for hydroxylation is 4. The third-order valence-corrected chi connectivity index (χ3v) is 5.91. The molecule has 34 heavy (non-hydrogen) atoms. The summed E-state index contributed by atoms with van der Waals surface area (Å²) in [6, 6.07) is 9.06. The van der Waals surface area contributed by atoms with Crippen LogP contribution in [0.25, 0.3) is 16.7 Å². The van der Waals surface area contributed by atoms with Crippen LogP contribution in [-0.2, 0) is 14.1 Å². The second-order valence-corrected chi connectivity index (χ2v) is 8.50. The van der Waals surface area contributed by atoms with Crippen molar-refractivity contribution in [3.8, 4) is 11.6 Å². The highest BCUT2D eigenvalue weighted by atomic mass is 16.3. The lowest BCUT2D eigenvalue weighted by atomic mass is 10.1. The standard InChI is InChI=1S/C24H26N6O4/c1-13-7-8-14(2)17(9-13)30-22(32)15(21(31)26-23(30)33)12-25-16-10-19-20(11-18(16)27(3)4)29(6)24(34)28(19)5/h7-12,32H,1-6H3,(H,26,31,33). The molecule has 176 valence electrons. The number of aromatic hydroxyl groups is 1. The van der Waals surface area contributed by atoms with Crippen molar-refractivity contribution in [1.29, 1.82) is 0 Å². The van der Waals surface area contributed by atoms with Gasteiger partial charge in [-0.2, -0.15) is 0 Å². The van der Waals surface area contributed by atoms with Gasteiger partial charge in [-0.15, -0.1) is 0 Å². The van der Waals surface area contributed by atoms with Crippen LogP contribution in [0.4, 0.5) is 11.4 Å². The van der Waals surface area contributed by atoms with Gasteiger partial charge in [0.15, 0.2) is 0 Å². The van der Waals surface area contributed by atoms with E-state index in [0.29, 0.717) is 22.6 Å². The predicted octanol–water partition coefficient (Wildman–Crippen LogP) is 1.86. The number of aromatic amines is 1. The van der Waals surface area contributed by atoms with E-state index < -0.39 is 17.1 Å². The van der Waals surface area contributed by atoms with Crippen LogP contribution in [0.1, 0.15) is 16.7 Å². The average Bonchev–Trinajstić information content (AvgIpc) is 2.98. The Morgan fingerprint density at radius 2 is 1.65 bits per heavy atom. The van der Waals surface area contributed by atoms with Crippen LogP contribution in [0.2, 0.25) is 0 Å². The van der Waals surface area contributed by atoms with Gasteiger partial charge >= 0.3 is 11.4 Å². The molecule has 0 spiro atoms. The molecule has 0 aliphatic carbocycles.